The summed E-state index contributed by atoms with van der Waals surface area (Å²) in [5, 5.41) is 3.47. The molecule has 8 heteroatoms. The number of ether oxygens (including phenoxy) is 2. The zero-order valence-corrected chi connectivity index (χ0v) is 15.7. The summed E-state index contributed by atoms with van der Waals surface area (Å²) in [4.78, 5) is 19.9. The average Bonchev–Trinajstić information content (AvgIpc) is 3.10. The molecule has 0 bridgehead atoms. The van der Waals surface area contributed by atoms with E-state index in [1.54, 1.807) is 18.3 Å². The van der Waals surface area contributed by atoms with Gasteiger partial charge >= 0.3 is 0 Å². The monoisotopic (exact) mass is 391 g/mol. The van der Waals surface area contributed by atoms with Crippen molar-refractivity contribution in [1.29, 1.82) is 0 Å². The number of hydrogen-bond acceptors (Lipinski definition) is 6. The second kappa shape index (κ2) is 8.43. The van der Waals surface area contributed by atoms with Gasteiger partial charge in [-0.05, 0) is 24.1 Å². The van der Waals surface area contributed by atoms with Gasteiger partial charge in [-0.1, -0.05) is 12.1 Å². The van der Waals surface area contributed by atoms with Gasteiger partial charge in [-0.3, -0.25) is 9.69 Å². The second-order valence-electron chi connectivity index (χ2n) is 6.79. The van der Waals surface area contributed by atoms with Crippen molar-refractivity contribution in [3.8, 4) is 0 Å². The number of nitrogens with zero attached hydrogens (tertiary/aromatic N) is 2. The first-order valence-corrected chi connectivity index (χ1v) is 9.91. The predicted octanol–water partition coefficient (Wildman–Crippen LogP) is 2.30. The fourth-order valence-electron chi connectivity index (χ4n) is 3.52. The van der Waals surface area contributed by atoms with Crippen LogP contribution in [0.15, 0.2) is 30.5 Å². The van der Waals surface area contributed by atoms with E-state index in [-0.39, 0.29) is 23.9 Å². The Morgan fingerprint density at radius 2 is 2.19 bits per heavy atom. The largest absolute Gasteiger partial charge is 0.380 e. The summed E-state index contributed by atoms with van der Waals surface area (Å²) in [6.45, 7) is 3.01. The Labute approximate surface area is 161 Å². The molecule has 2 aliphatic heterocycles. The molecular formula is C19H22FN3O3S. The van der Waals surface area contributed by atoms with E-state index in [4.69, 9.17) is 9.47 Å². The van der Waals surface area contributed by atoms with Crippen molar-refractivity contribution in [1.82, 2.24) is 9.88 Å². The lowest BCUT2D eigenvalue weighted by atomic mass is 10.0. The van der Waals surface area contributed by atoms with Gasteiger partial charge in [0.05, 0.1) is 31.9 Å². The first-order chi connectivity index (χ1) is 13.2. The van der Waals surface area contributed by atoms with Gasteiger partial charge in [-0.15, -0.1) is 11.3 Å². The Morgan fingerprint density at radius 3 is 3.04 bits per heavy atom. The van der Waals surface area contributed by atoms with E-state index < -0.39 is 0 Å². The summed E-state index contributed by atoms with van der Waals surface area (Å²) < 4.78 is 24.3. The number of hydrogen-bond donors (Lipinski definition) is 1. The Kier molecular flexibility index (Phi) is 5.77. The van der Waals surface area contributed by atoms with E-state index in [9.17, 15) is 9.18 Å². The van der Waals surface area contributed by atoms with Crippen LogP contribution in [0.1, 0.15) is 16.9 Å². The van der Waals surface area contributed by atoms with Crippen molar-refractivity contribution in [3.63, 3.8) is 0 Å². The molecule has 27 heavy (non-hydrogen) atoms. The Morgan fingerprint density at radius 1 is 1.33 bits per heavy atom. The molecule has 2 aromatic rings. The van der Waals surface area contributed by atoms with Crippen LogP contribution >= 0.6 is 11.3 Å². The van der Waals surface area contributed by atoms with Crippen molar-refractivity contribution in [2.24, 2.45) is 0 Å². The number of thiazole rings is 1. The number of fused-ring (bicyclic) bond motifs is 1. The Hall–Kier alpha value is -1.87. The first-order valence-electron chi connectivity index (χ1n) is 9.10. The third kappa shape index (κ3) is 4.70. The van der Waals surface area contributed by atoms with E-state index in [1.807, 2.05) is 0 Å². The van der Waals surface area contributed by atoms with Gasteiger partial charge in [0.1, 0.15) is 5.82 Å². The summed E-state index contributed by atoms with van der Waals surface area (Å²) in [5.41, 5.74) is 1.01. The number of amides is 1. The maximum atomic E-state index is 13.0. The summed E-state index contributed by atoms with van der Waals surface area (Å²) in [5.74, 6) is -0.325. The standard InChI is InChI=1S/C19H22FN3O3S/c20-14-3-1-13(2-4-14)9-15-10-21-19(27-15)22-18(24)11-23-6-8-26-17-5-7-25-12-16(17)23/h1-4,10,16-17H,5-9,11-12H2,(H,21,22,24). The van der Waals surface area contributed by atoms with Crippen molar-refractivity contribution in [2.75, 3.05) is 38.2 Å². The number of anilines is 1. The van der Waals surface area contributed by atoms with Gasteiger partial charge in [-0.25, -0.2) is 9.37 Å². The lowest BCUT2D eigenvalue weighted by molar-refractivity contribution is -0.139. The van der Waals surface area contributed by atoms with E-state index in [0.717, 1.165) is 30.0 Å². The highest BCUT2D eigenvalue weighted by atomic mass is 32.1. The minimum Gasteiger partial charge on any atom is -0.380 e. The van der Waals surface area contributed by atoms with Crippen LogP contribution in [-0.4, -0.2) is 60.8 Å². The first kappa shape index (κ1) is 18.5. The minimum atomic E-state index is -0.246. The second-order valence-corrected chi connectivity index (χ2v) is 7.91. The minimum absolute atomic E-state index is 0.0797. The van der Waals surface area contributed by atoms with E-state index in [0.29, 0.717) is 31.3 Å². The van der Waals surface area contributed by atoms with E-state index in [2.05, 4.69) is 15.2 Å². The molecule has 1 N–H and O–H groups in total. The van der Waals surface area contributed by atoms with Crippen LogP contribution in [0.2, 0.25) is 0 Å². The molecule has 2 saturated heterocycles. The highest BCUT2D eigenvalue weighted by Gasteiger charge is 2.35. The van der Waals surface area contributed by atoms with Crippen molar-refractivity contribution >= 4 is 22.4 Å². The van der Waals surface area contributed by atoms with Crippen LogP contribution in [0.4, 0.5) is 9.52 Å². The highest BCUT2D eigenvalue weighted by molar-refractivity contribution is 7.15. The molecule has 2 aliphatic rings. The number of morpholine rings is 1. The zero-order valence-electron chi connectivity index (χ0n) is 14.9. The molecule has 6 nitrogen and oxygen atoms in total. The van der Waals surface area contributed by atoms with Crippen molar-refractivity contribution in [3.05, 3.63) is 46.7 Å². The van der Waals surface area contributed by atoms with Gasteiger partial charge in [0, 0.05) is 30.6 Å². The number of nitrogens with one attached hydrogen (secondary N) is 1. The van der Waals surface area contributed by atoms with Crippen molar-refractivity contribution < 1.29 is 18.7 Å². The molecule has 4 rings (SSSR count). The smallest absolute Gasteiger partial charge is 0.240 e. The number of benzene rings is 1. The number of halogens is 1. The van der Waals surface area contributed by atoms with E-state index >= 15 is 0 Å². The number of carbonyl (C=O) groups excluding carboxylic acids is 1. The number of aromatic nitrogens is 1. The van der Waals surface area contributed by atoms with Crippen LogP contribution in [0.5, 0.6) is 0 Å². The van der Waals surface area contributed by atoms with Crippen LogP contribution in [0.25, 0.3) is 0 Å². The molecule has 144 valence electrons. The fourth-order valence-corrected chi connectivity index (χ4v) is 4.38. The molecule has 2 unspecified atom stereocenters. The highest BCUT2D eigenvalue weighted by Crippen LogP contribution is 2.23. The maximum absolute atomic E-state index is 13.0. The average molecular weight is 391 g/mol. The quantitative estimate of drug-likeness (QED) is 0.847. The van der Waals surface area contributed by atoms with Gasteiger partial charge in [0.2, 0.25) is 5.91 Å². The lowest BCUT2D eigenvalue weighted by Gasteiger charge is -2.43. The van der Waals surface area contributed by atoms with Gasteiger partial charge in [-0.2, -0.15) is 0 Å². The third-order valence-electron chi connectivity index (χ3n) is 4.88. The molecule has 0 radical (unpaired) electrons. The van der Waals surface area contributed by atoms with Crippen LogP contribution in [0, 0.1) is 5.82 Å². The fraction of sp³-hybridized carbons (Fsp3) is 0.474. The topological polar surface area (TPSA) is 63.7 Å². The summed E-state index contributed by atoms with van der Waals surface area (Å²) in [7, 11) is 0. The molecule has 1 aromatic carbocycles. The Bertz CT molecular complexity index is 781. The number of rotatable bonds is 5. The summed E-state index contributed by atoms with van der Waals surface area (Å²) >= 11 is 1.44. The van der Waals surface area contributed by atoms with Crippen molar-refractivity contribution in [2.45, 2.75) is 25.0 Å². The maximum Gasteiger partial charge on any atom is 0.240 e. The number of carbonyl (C=O) groups is 1. The molecule has 0 saturated carbocycles. The normalized spacial score (nSPS) is 23.0. The molecule has 1 amide bonds. The molecule has 3 heterocycles. The van der Waals surface area contributed by atoms with Gasteiger partial charge < -0.3 is 14.8 Å². The van der Waals surface area contributed by atoms with Gasteiger partial charge in [0.25, 0.3) is 0 Å². The van der Waals surface area contributed by atoms with Crippen LogP contribution in [0.3, 0.4) is 0 Å². The summed E-state index contributed by atoms with van der Waals surface area (Å²) in [6.07, 6.45) is 3.45. The zero-order chi connectivity index (χ0) is 18.6. The molecular weight excluding hydrogens is 369 g/mol. The van der Waals surface area contributed by atoms with E-state index in [1.165, 1.54) is 23.5 Å². The third-order valence-corrected chi connectivity index (χ3v) is 5.79. The van der Waals surface area contributed by atoms with Crippen LogP contribution in [-0.2, 0) is 20.7 Å². The van der Waals surface area contributed by atoms with Crippen LogP contribution < -0.4 is 5.32 Å². The SMILES string of the molecule is O=C(CN1CCOC2CCOCC21)Nc1ncc(Cc2ccc(F)cc2)s1. The lowest BCUT2D eigenvalue weighted by Crippen LogP contribution is -2.57. The molecule has 2 atom stereocenters. The predicted molar refractivity (Wildman–Crippen MR) is 100 cm³/mol. The Balaban J connectivity index is 1.32. The molecule has 2 fully saturated rings. The van der Waals surface area contributed by atoms with Gasteiger partial charge in [0.15, 0.2) is 5.13 Å². The molecule has 0 spiro atoms. The summed E-state index contributed by atoms with van der Waals surface area (Å²) in [6, 6.07) is 6.55. The molecule has 0 aliphatic carbocycles. The molecule has 1 aromatic heterocycles.